The molecule has 4 saturated heterocycles. The van der Waals surface area contributed by atoms with Gasteiger partial charge in [0.05, 0.1) is 5.56 Å². The molecular formula is C22H29ClN4O3. The first-order valence-electron chi connectivity index (χ1n) is 10.8. The maximum absolute atomic E-state index is 13.1. The average Bonchev–Trinajstić information content (AvgIpc) is 3.19. The topological polar surface area (TPSA) is 78.7 Å². The lowest BCUT2D eigenvalue weighted by molar-refractivity contribution is -0.129. The number of carbonyl (C=O) groups excluding carboxylic acids is 2. The first kappa shape index (κ1) is 21.1. The van der Waals surface area contributed by atoms with Crippen LogP contribution in [0.25, 0.3) is 11.1 Å². The van der Waals surface area contributed by atoms with E-state index in [0.717, 1.165) is 45.6 Å². The van der Waals surface area contributed by atoms with E-state index in [1.54, 1.807) is 6.92 Å². The molecule has 8 heteroatoms. The molecule has 162 valence electrons. The van der Waals surface area contributed by atoms with Gasteiger partial charge in [0.25, 0.3) is 5.91 Å². The van der Waals surface area contributed by atoms with Crippen LogP contribution < -0.4 is 5.32 Å². The van der Waals surface area contributed by atoms with Gasteiger partial charge in [-0.05, 0) is 56.8 Å². The quantitative estimate of drug-likeness (QED) is 0.806. The van der Waals surface area contributed by atoms with Crippen LogP contribution in [-0.4, -0.2) is 65.4 Å². The number of para-hydroxylation sites is 1. The van der Waals surface area contributed by atoms with Crippen molar-refractivity contribution in [3.05, 3.63) is 29.7 Å². The zero-order valence-corrected chi connectivity index (χ0v) is 18.1. The van der Waals surface area contributed by atoms with Crippen LogP contribution in [0, 0.1) is 5.92 Å². The van der Waals surface area contributed by atoms with Crippen LogP contribution in [0.1, 0.15) is 54.8 Å². The van der Waals surface area contributed by atoms with Crippen LogP contribution in [0.5, 0.6) is 0 Å². The van der Waals surface area contributed by atoms with Crippen molar-refractivity contribution < 1.29 is 14.0 Å². The fourth-order valence-electron chi connectivity index (χ4n) is 5.14. The number of nitrogens with one attached hydrogen (secondary N) is 1. The van der Waals surface area contributed by atoms with E-state index >= 15 is 0 Å². The van der Waals surface area contributed by atoms with Crippen LogP contribution in [0.15, 0.2) is 22.6 Å². The van der Waals surface area contributed by atoms with E-state index in [9.17, 15) is 9.59 Å². The number of benzene rings is 1. The van der Waals surface area contributed by atoms with Gasteiger partial charge in [-0.25, -0.2) is 4.98 Å². The van der Waals surface area contributed by atoms with E-state index in [0.29, 0.717) is 28.5 Å². The van der Waals surface area contributed by atoms with E-state index in [-0.39, 0.29) is 36.2 Å². The van der Waals surface area contributed by atoms with Crippen LogP contribution in [-0.2, 0) is 4.79 Å². The van der Waals surface area contributed by atoms with Crippen molar-refractivity contribution in [3.8, 4) is 0 Å². The second-order valence-corrected chi connectivity index (χ2v) is 8.70. The smallest absolute Gasteiger partial charge is 0.253 e. The number of oxazole rings is 1. The van der Waals surface area contributed by atoms with E-state index in [1.165, 1.54) is 12.8 Å². The second-order valence-electron chi connectivity index (χ2n) is 8.70. The number of nitrogens with zero attached hydrogens (tertiary/aromatic N) is 3. The molecule has 1 atom stereocenters. The number of carbonyl (C=O) groups is 2. The van der Waals surface area contributed by atoms with Gasteiger partial charge in [0.1, 0.15) is 5.52 Å². The van der Waals surface area contributed by atoms with Crippen LogP contribution in [0.4, 0.5) is 0 Å². The van der Waals surface area contributed by atoms with Gasteiger partial charge in [-0.3, -0.25) is 9.59 Å². The fourth-order valence-corrected chi connectivity index (χ4v) is 5.14. The summed E-state index contributed by atoms with van der Waals surface area (Å²) in [6.07, 6.45) is 4.02. The van der Waals surface area contributed by atoms with Crippen LogP contribution in [0.2, 0.25) is 0 Å². The molecule has 0 aliphatic carbocycles. The molecule has 1 aromatic heterocycles. The molecule has 4 fully saturated rings. The summed E-state index contributed by atoms with van der Waals surface area (Å²) in [5.41, 5.74) is 1.90. The molecule has 6 rings (SSSR count). The number of rotatable bonds is 3. The molecule has 1 N–H and O–H groups in total. The minimum Gasteiger partial charge on any atom is -0.440 e. The summed E-state index contributed by atoms with van der Waals surface area (Å²) in [4.78, 5) is 33.6. The van der Waals surface area contributed by atoms with Crippen LogP contribution >= 0.6 is 12.4 Å². The van der Waals surface area contributed by atoms with E-state index in [2.05, 4.69) is 10.2 Å². The molecule has 1 aromatic carbocycles. The zero-order valence-electron chi connectivity index (χ0n) is 17.3. The van der Waals surface area contributed by atoms with Gasteiger partial charge in [-0.2, -0.15) is 0 Å². The van der Waals surface area contributed by atoms with Crippen molar-refractivity contribution >= 4 is 35.3 Å². The summed E-state index contributed by atoms with van der Waals surface area (Å²) in [6, 6.07) is 5.80. The summed E-state index contributed by atoms with van der Waals surface area (Å²) >= 11 is 0. The highest BCUT2D eigenvalue weighted by Crippen LogP contribution is 2.32. The monoisotopic (exact) mass is 432 g/mol. The zero-order chi connectivity index (χ0) is 20.0. The third-order valence-electron chi connectivity index (χ3n) is 6.94. The minimum atomic E-state index is -0.0550. The Labute approximate surface area is 182 Å². The number of hydrogen-bond acceptors (Lipinski definition) is 5. The molecule has 30 heavy (non-hydrogen) atoms. The highest BCUT2D eigenvalue weighted by molar-refractivity contribution is 6.04. The SMILES string of the molecule is CC(=O)N1CCC(c2nc3c(C(=O)NC4CN5CCC4CC5)cccc3o2)CC1.Cl. The highest BCUT2D eigenvalue weighted by atomic mass is 35.5. The Balaban J connectivity index is 0.00000218. The molecule has 2 aromatic rings. The number of likely N-dealkylation sites (tertiary alicyclic amines) is 1. The van der Waals surface area contributed by atoms with Gasteiger partial charge in [-0.1, -0.05) is 6.07 Å². The van der Waals surface area contributed by atoms with Gasteiger partial charge in [0, 0.05) is 38.5 Å². The van der Waals surface area contributed by atoms with Crippen LogP contribution in [0.3, 0.4) is 0 Å². The molecule has 4 aliphatic rings. The number of fused-ring (bicyclic) bond motifs is 4. The Kier molecular flexibility index (Phi) is 6.02. The molecule has 7 nitrogen and oxygen atoms in total. The molecule has 0 spiro atoms. The molecule has 0 saturated carbocycles. The summed E-state index contributed by atoms with van der Waals surface area (Å²) in [6.45, 7) is 6.33. The summed E-state index contributed by atoms with van der Waals surface area (Å²) in [5.74, 6) is 1.53. The van der Waals surface area contributed by atoms with Gasteiger partial charge in [0.2, 0.25) is 5.91 Å². The van der Waals surface area contributed by atoms with E-state index in [4.69, 9.17) is 9.40 Å². The average molecular weight is 433 g/mol. The van der Waals surface area contributed by atoms with Gasteiger partial charge in [0.15, 0.2) is 11.5 Å². The normalized spacial score (nSPS) is 26.4. The summed E-state index contributed by atoms with van der Waals surface area (Å²) in [5, 5.41) is 3.26. The van der Waals surface area contributed by atoms with Crippen molar-refractivity contribution in [2.45, 2.75) is 44.6 Å². The lowest BCUT2D eigenvalue weighted by atomic mass is 9.84. The molecule has 1 unspecified atom stereocenters. The number of piperidine rings is 4. The van der Waals surface area contributed by atoms with Gasteiger partial charge < -0.3 is 19.5 Å². The second kappa shape index (κ2) is 8.55. The van der Waals surface area contributed by atoms with Crippen molar-refractivity contribution in [3.63, 3.8) is 0 Å². The lowest BCUT2D eigenvalue weighted by Gasteiger charge is -2.44. The number of aromatic nitrogens is 1. The summed E-state index contributed by atoms with van der Waals surface area (Å²) < 4.78 is 6.03. The first-order chi connectivity index (χ1) is 14.1. The Morgan fingerprint density at radius 2 is 1.83 bits per heavy atom. The minimum absolute atomic E-state index is 0. The predicted molar refractivity (Wildman–Crippen MR) is 116 cm³/mol. The molecular weight excluding hydrogens is 404 g/mol. The fraction of sp³-hybridized carbons (Fsp3) is 0.591. The van der Waals surface area contributed by atoms with Gasteiger partial charge >= 0.3 is 0 Å². The predicted octanol–water partition coefficient (Wildman–Crippen LogP) is 2.80. The first-order valence-corrected chi connectivity index (χ1v) is 10.8. The highest BCUT2D eigenvalue weighted by Gasteiger charge is 2.35. The molecule has 2 amide bonds. The Morgan fingerprint density at radius 1 is 1.10 bits per heavy atom. The largest absolute Gasteiger partial charge is 0.440 e. The van der Waals surface area contributed by atoms with Crippen molar-refractivity contribution in [2.75, 3.05) is 32.7 Å². The molecule has 5 heterocycles. The lowest BCUT2D eigenvalue weighted by Crippen LogP contribution is -2.57. The Hall–Kier alpha value is -2.12. The third kappa shape index (κ3) is 3.93. The van der Waals surface area contributed by atoms with E-state index in [1.807, 2.05) is 23.1 Å². The van der Waals surface area contributed by atoms with Gasteiger partial charge in [-0.15, -0.1) is 12.4 Å². The van der Waals surface area contributed by atoms with Crippen molar-refractivity contribution in [2.24, 2.45) is 5.92 Å². The third-order valence-corrected chi connectivity index (χ3v) is 6.94. The number of hydrogen-bond donors (Lipinski definition) is 1. The molecule has 4 aliphatic heterocycles. The standard InChI is InChI=1S/C22H28N4O3.ClH/c1-14(27)26-11-7-16(8-12-26)22-24-20-17(3-2-4-19(20)29-22)21(28)23-18-13-25-9-5-15(18)6-10-25;/h2-4,15-16,18H,5-13H2,1H3,(H,23,28);1H. The maximum atomic E-state index is 13.1. The van der Waals surface area contributed by atoms with Crippen molar-refractivity contribution in [1.29, 1.82) is 0 Å². The number of halogens is 1. The summed E-state index contributed by atoms with van der Waals surface area (Å²) in [7, 11) is 0. The van der Waals surface area contributed by atoms with Crippen molar-refractivity contribution in [1.82, 2.24) is 20.1 Å². The number of amides is 2. The van der Waals surface area contributed by atoms with E-state index < -0.39 is 0 Å². The Morgan fingerprint density at radius 3 is 2.47 bits per heavy atom. The molecule has 0 radical (unpaired) electrons. The Bertz CT molecular complexity index is 930. The maximum Gasteiger partial charge on any atom is 0.253 e. The molecule has 2 bridgehead atoms.